The van der Waals surface area contributed by atoms with Crippen LogP contribution in [0.2, 0.25) is 0 Å². The van der Waals surface area contributed by atoms with E-state index in [0.717, 1.165) is 46.7 Å². The van der Waals surface area contributed by atoms with Gasteiger partial charge in [0.25, 0.3) is 5.91 Å². The highest BCUT2D eigenvalue weighted by Gasteiger charge is 2.47. The number of nitrogens with zero attached hydrogens (tertiary/aromatic N) is 2. The van der Waals surface area contributed by atoms with E-state index < -0.39 is 5.54 Å². The molecule has 7 heteroatoms. The number of carbonyl (C=O) groups excluding carboxylic acids is 2. The molecule has 0 spiro atoms. The fourth-order valence-electron chi connectivity index (χ4n) is 4.96. The van der Waals surface area contributed by atoms with E-state index in [0.29, 0.717) is 13.1 Å². The Morgan fingerprint density at radius 1 is 1.26 bits per heavy atom. The van der Waals surface area contributed by atoms with Gasteiger partial charge in [0, 0.05) is 12.6 Å². The van der Waals surface area contributed by atoms with Gasteiger partial charge in [-0.2, -0.15) is 11.8 Å². The van der Waals surface area contributed by atoms with Gasteiger partial charge in [0.2, 0.25) is 5.91 Å². The first-order valence-corrected chi connectivity index (χ1v) is 13.9. The zero-order valence-electron chi connectivity index (χ0n) is 18.8. The summed E-state index contributed by atoms with van der Waals surface area (Å²) < 4.78 is 3.19. The Morgan fingerprint density at radius 3 is 2.77 bits per heavy atom. The average molecular weight is 462 g/mol. The van der Waals surface area contributed by atoms with Crippen LogP contribution in [0.3, 0.4) is 0 Å². The molecule has 1 unspecified atom stereocenters. The van der Waals surface area contributed by atoms with Crippen molar-refractivity contribution >= 4 is 45.1 Å². The molecular weight excluding hydrogens is 426 g/mol. The summed E-state index contributed by atoms with van der Waals surface area (Å²) in [5.74, 6) is 2.17. The second kappa shape index (κ2) is 9.99. The maximum Gasteiger partial charge on any atom is 0.271 e. The van der Waals surface area contributed by atoms with Crippen molar-refractivity contribution in [2.75, 3.05) is 18.1 Å². The highest BCUT2D eigenvalue weighted by Crippen LogP contribution is 2.35. The van der Waals surface area contributed by atoms with E-state index in [2.05, 4.69) is 28.3 Å². The summed E-state index contributed by atoms with van der Waals surface area (Å²) in [7, 11) is 0. The van der Waals surface area contributed by atoms with Gasteiger partial charge in [-0.05, 0) is 61.6 Å². The largest absolute Gasteiger partial charge is 0.351 e. The smallest absolute Gasteiger partial charge is 0.271 e. The van der Waals surface area contributed by atoms with Crippen molar-refractivity contribution in [2.45, 2.75) is 83.3 Å². The molecule has 0 radical (unpaired) electrons. The molecule has 1 saturated carbocycles. The number of nitrogens with one attached hydrogen (secondary N) is 1. The quantitative estimate of drug-likeness (QED) is 0.429. The lowest BCUT2D eigenvalue weighted by atomic mass is 9.93. The van der Waals surface area contributed by atoms with Crippen molar-refractivity contribution in [1.29, 1.82) is 0 Å². The molecule has 31 heavy (non-hydrogen) atoms. The van der Waals surface area contributed by atoms with Gasteiger partial charge < -0.3 is 14.8 Å². The average Bonchev–Trinajstić information content (AvgIpc) is 3.24. The van der Waals surface area contributed by atoms with E-state index in [1.54, 1.807) is 11.3 Å². The minimum atomic E-state index is -0.861. The predicted octanol–water partition coefficient (Wildman–Crippen LogP) is 5.29. The molecule has 5 nitrogen and oxygen atoms in total. The SMILES string of the molecule is CCCSCCCN1C(=O)c2cc3sccc3n2CC1(C)C(=O)NC1CCCCCC1. The van der Waals surface area contributed by atoms with Crippen LogP contribution in [0.4, 0.5) is 0 Å². The third-order valence-electron chi connectivity index (χ3n) is 6.75. The molecular formula is C24H35N3O2S2. The Balaban J connectivity index is 1.58. The van der Waals surface area contributed by atoms with Crippen molar-refractivity contribution in [3.05, 3.63) is 23.2 Å². The number of hydrogen-bond acceptors (Lipinski definition) is 4. The zero-order chi connectivity index (χ0) is 21.8. The van der Waals surface area contributed by atoms with E-state index in [4.69, 9.17) is 0 Å². The summed E-state index contributed by atoms with van der Waals surface area (Å²) in [4.78, 5) is 29.1. The van der Waals surface area contributed by atoms with Gasteiger partial charge in [0.15, 0.2) is 0 Å². The summed E-state index contributed by atoms with van der Waals surface area (Å²) in [6.07, 6.45) is 9.04. The van der Waals surface area contributed by atoms with Crippen LogP contribution in [0.5, 0.6) is 0 Å². The van der Waals surface area contributed by atoms with Gasteiger partial charge in [-0.3, -0.25) is 9.59 Å². The number of thioether (sulfide) groups is 1. The standard InChI is InChI=1S/C24H35N3O2S2/c1-3-13-30-14-8-12-27-22(28)20-16-21-19(11-15-31-21)26(20)17-24(27,2)23(29)25-18-9-6-4-5-7-10-18/h11,15-16,18H,3-10,12-14,17H2,1-2H3,(H,25,29). The molecule has 170 valence electrons. The Hall–Kier alpha value is -1.47. The highest BCUT2D eigenvalue weighted by molar-refractivity contribution is 7.99. The van der Waals surface area contributed by atoms with Gasteiger partial charge in [0.05, 0.1) is 16.8 Å². The molecule has 0 saturated heterocycles. The number of fused-ring (bicyclic) bond motifs is 3. The van der Waals surface area contributed by atoms with E-state index in [9.17, 15) is 9.59 Å². The maximum atomic E-state index is 13.7. The Kier molecular flexibility index (Phi) is 7.32. The predicted molar refractivity (Wildman–Crippen MR) is 131 cm³/mol. The number of rotatable bonds is 8. The van der Waals surface area contributed by atoms with Gasteiger partial charge >= 0.3 is 0 Å². The van der Waals surface area contributed by atoms with E-state index in [1.165, 1.54) is 32.1 Å². The fraction of sp³-hybridized carbons (Fsp3) is 0.667. The van der Waals surface area contributed by atoms with Gasteiger partial charge in [0.1, 0.15) is 11.2 Å². The number of amides is 2. The van der Waals surface area contributed by atoms with E-state index >= 15 is 0 Å². The molecule has 1 aliphatic carbocycles. The minimum Gasteiger partial charge on any atom is -0.351 e. The third-order valence-corrected chi connectivity index (χ3v) is 8.87. The first-order chi connectivity index (χ1) is 15.0. The minimum absolute atomic E-state index is 0.00587. The van der Waals surface area contributed by atoms with Crippen molar-refractivity contribution in [3.8, 4) is 0 Å². The van der Waals surface area contributed by atoms with Crippen molar-refractivity contribution < 1.29 is 9.59 Å². The van der Waals surface area contributed by atoms with Crippen LogP contribution >= 0.6 is 23.1 Å². The van der Waals surface area contributed by atoms with Crippen LogP contribution in [0.25, 0.3) is 10.2 Å². The second-order valence-electron chi connectivity index (χ2n) is 9.14. The molecule has 3 heterocycles. The Labute approximate surface area is 193 Å². The number of aromatic nitrogens is 1. The molecule has 1 aliphatic heterocycles. The van der Waals surface area contributed by atoms with Crippen LogP contribution in [-0.4, -0.2) is 50.9 Å². The second-order valence-corrected chi connectivity index (χ2v) is 11.3. The normalized spacial score (nSPS) is 22.5. The van der Waals surface area contributed by atoms with E-state index in [1.807, 2.05) is 29.7 Å². The molecule has 1 atom stereocenters. The molecule has 2 aliphatic rings. The zero-order valence-corrected chi connectivity index (χ0v) is 20.5. The Bertz CT molecular complexity index is 913. The topological polar surface area (TPSA) is 54.3 Å². The lowest BCUT2D eigenvalue weighted by Gasteiger charge is -2.44. The van der Waals surface area contributed by atoms with Crippen LogP contribution in [0.15, 0.2) is 17.5 Å². The van der Waals surface area contributed by atoms with Crippen molar-refractivity contribution in [3.63, 3.8) is 0 Å². The molecule has 2 aromatic heterocycles. The van der Waals surface area contributed by atoms with Crippen LogP contribution in [-0.2, 0) is 11.3 Å². The third kappa shape index (κ3) is 4.68. The summed E-state index contributed by atoms with van der Waals surface area (Å²) >= 11 is 3.59. The van der Waals surface area contributed by atoms with Crippen molar-refractivity contribution in [1.82, 2.24) is 14.8 Å². The maximum absolute atomic E-state index is 13.7. The fourth-order valence-corrected chi connectivity index (χ4v) is 6.61. The summed E-state index contributed by atoms with van der Waals surface area (Å²) in [6.45, 7) is 5.31. The lowest BCUT2D eigenvalue weighted by Crippen LogP contribution is -2.65. The first kappa shape index (κ1) is 22.7. The monoisotopic (exact) mass is 461 g/mol. The number of thiophene rings is 1. The summed E-state index contributed by atoms with van der Waals surface area (Å²) in [5.41, 5.74) is 0.933. The molecule has 4 rings (SSSR count). The molecule has 0 bridgehead atoms. The van der Waals surface area contributed by atoms with Gasteiger partial charge in [-0.1, -0.05) is 32.6 Å². The molecule has 2 amide bonds. The Morgan fingerprint density at radius 2 is 2.03 bits per heavy atom. The van der Waals surface area contributed by atoms with Crippen LogP contribution in [0.1, 0.15) is 75.7 Å². The van der Waals surface area contributed by atoms with Crippen LogP contribution in [0, 0.1) is 0 Å². The summed E-state index contributed by atoms with van der Waals surface area (Å²) in [6, 6.07) is 4.30. The van der Waals surface area contributed by atoms with Gasteiger partial charge in [-0.15, -0.1) is 11.3 Å². The lowest BCUT2D eigenvalue weighted by molar-refractivity contribution is -0.133. The first-order valence-electron chi connectivity index (χ1n) is 11.8. The molecule has 1 fully saturated rings. The number of hydrogen-bond donors (Lipinski definition) is 1. The van der Waals surface area contributed by atoms with Crippen LogP contribution < -0.4 is 5.32 Å². The number of carbonyl (C=O) groups is 2. The van der Waals surface area contributed by atoms with E-state index in [-0.39, 0.29) is 17.9 Å². The highest BCUT2D eigenvalue weighted by atomic mass is 32.2. The summed E-state index contributed by atoms with van der Waals surface area (Å²) in [5, 5.41) is 5.40. The molecule has 2 aromatic rings. The molecule has 1 N–H and O–H groups in total. The molecule has 0 aromatic carbocycles. The van der Waals surface area contributed by atoms with Gasteiger partial charge in [-0.25, -0.2) is 0 Å². The van der Waals surface area contributed by atoms with Crippen molar-refractivity contribution in [2.24, 2.45) is 0 Å².